The number of hydrogen-bond acceptors (Lipinski definition) is 3. The van der Waals surface area contributed by atoms with Crippen LogP contribution in [0.4, 0.5) is 0 Å². The second-order valence-electron chi connectivity index (χ2n) is 4.75. The maximum Gasteiger partial charge on any atom is 0.164 e. The lowest BCUT2D eigenvalue weighted by Gasteiger charge is -2.05. The summed E-state index contributed by atoms with van der Waals surface area (Å²) in [5.74, 6) is 2.31. The van der Waals surface area contributed by atoms with Gasteiger partial charge in [0.15, 0.2) is 11.5 Å². The summed E-state index contributed by atoms with van der Waals surface area (Å²) in [6, 6.07) is 1.97. The van der Waals surface area contributed by atoms with Gasteiger partial charge in [-0.05, 0) is 6.42 Å². The molecule has 7 heteroatoms. The van der Waals surface area contributed by atoms with Gasteiger partial charge in [0.05, 0.1) is 5.69 Å². The van der Waals surface area contributed by atoms with Crippen molar-refractivity contribution < 1.29 is 0 Å². The van der Waals surface area contributed by atoms with Gasteiger partial charge in [-0.15, -0.1) is 11.6 Å². The summed E-state index contributed by atoms with van der Waals surface area (Å²) in [6.07, 6.45) is 3.48. The molecular weight excluding hydrogens is 276 g/mol. The van der Waals surface area contributed by atoms with Gasteiger partial charge in [0, 0.05) is 38.7 Å². The summed E-state index contributed by atoms with van der Waals surface area (Å²) in [6.45, 7) is 2.09. The van der Waals surface area contributed by atoms with Crippen molar-refractivity contribution in [3.63, 3.8) is 0 Å². The van der Waals surface area contributed by atoms with Gasteiger partial charge in [0.1, 0.15) is 11.3 Å². The molecule has 3 aromatic rings. The van der Waals surface area contributed by atoms with Crippen molar-refractivity contribution in [3.8, 4) is 5.82 Å². The Labute approximate surface area is 122 Å². The van der Waals surface area contributed by atoms with Gasteiger partial charge >= 0.3 is 0 Å². The molecular formula is C13H17ClN6. The molecule has 0 saturated heterocycles. The average Bonchev–Trinajstić information content (AvgIpc) is 3.06. The molecule has 0 saturated carbocycles. The van der Waals surface area contributed by atoms with Gasteiger partial charge in [-0.1, -0.05) is 6.92 Å². The van der Waals surface area contributed by atoms with E-state index in [1.165, 1.54) is 0 Å². The van der Waals surface area contributed by atoms with Crippen molar-refractivity contribution >= 4 is 22.8 Å². The van der Waals surface area contributed by atoms with Gasteiger partial charge < -0.3 is 0 Å². The van der Waals surface area contributed by atoms with E-state index < -0.39 is 0 Å². The molecule has 6 nitrogen and oxygen atoms in total. The van der Waals surface area contributed by atoms with Crippen molar-refractivity contribution in [3.05, 3.63) is 23.8 Å². The smallest absolute Gasteiger partial charge is 0.164 e. The molecule has 0 aliphatic heterocycles. The van der Waals surface area contributed by atoms with Gasteiger partial charge in [-0.2, -0.15) is 10.2 Å². The van der Waals surface area contributed by atoms with Crippen LogP contribution in [0.2, 0.25) is 0 Å². The summed E-state index contributed by atoms with van der Waals surface area (Å²) in [7, 11) is 3.84. The van der Waals surface area contributed by atoms with Crippen LogP contribution in [0.1, 0.15) is 18.4 Å². The molecule has 0 aliphatic rings. The number of rotatable bonds is 4. The van der Waals surface area contributed by atoms with Gasteiger partial charge in [0.25, 0.3) is 0 Å². The molecule has 0 aromatic carbocycles. The van der Waals surface area contributed by atoms with Crippen LogP contribution >= 0.6 is 11.6 Å². The summed E-state index contributed by atoms with van der Waals surface area (Å²) >= 11 is 5.91. The molecule has 0 fully saturated rings. The zero-order valence-corrected chi connectivity index (χ0v) is 12.6. The van der Waals surface area contributed by atoms with Crippen LogP contribution in [-0.4, -0.2) is 35.0 Å². The largest absolute Gasteiger partial charge is 0.274 e. The Kier molecular flexibility index (Phi) is 3.25. The van der Waals surface area contributed by atoms with E-state index >= 15 is 0 Å². The molecule has 0 atom stereocenters. The van der Waals surface area contributed by atoms with Crippen LogP contribution < -0.4 is 0 Å². The molecule has 0 unspecified atom stereocenters. The zero-order chi connectivity index (χ0) is 14.3. The molecule has 0 spiro atoms. The fraction of sp³-hybridized carbons (Fsp3) is 0.462. The minimum absolute atomic E-state index is 0.533. The third kappa shape index (κ3) is 1.91. The second-order valence-corrected chi connectivity index (χ2v) is 5.12. The number of halogens is 1. The molecule has 0 N–H and O–H groups in total. The molecule has 0 bridgehead atoms. The molecule has 0 aliphatic carbocycles. The number of aryl methyl sites for hydroxylation is 4. The van der Waals surface area contributed by atoms with Gasteiger partial charge in [-0.25, -0.2) is 9.67 Å². The van der Waals surface area contributed by atoms with Crippen molar-refractivity contribution in [2.45, 2.75) is 19.8 Å². The lowest BCUT2D eigenvalue weighted by Crippen LogP contribution is -2.07. The van der Waals surface area contributed by atoms with E-state index in [-0.39, 0.29) is 0 Å². The highest BCUT2D eigenvalue weighted by Gasteiger charge is 2.20. The third-order valence-electron chi connectivity index (χ3n) is 3.35. The SMILES string of the molecule is CCc1nn(C)c2c1nc(CCCl)n2-c1ccn(C)n1. The van der Waals surface area contributed by atoms with E-state index in [0.717, 1.165) is 34.9 Å². The first-order chi connectivity index (χ1) is 9.65. The number of alkyl halides is 1. The van der Waals surface area contributed by atoms with Crippen molar-refractivity contribution in [1.82, 2.24) is 29.1 Å². The van der Waals surface area contributed by atoms with E-state index in [9.17, 15) is 0 Å². The molecule has 0 amide bonds. The number of aromatic nitrogens is 6. The van der Waals surface area contributed by atoms with E-state index in [4.69, 9.17) is 16.6 Å². The molecule has 3 rings (SSSR count). The van der Waals surface area contributed by atoms with Crippen molar-refractivity contribution in [2.75, 3.05) is 5.88 Å². The lowest BCUT2D eigenvalue weighted by atomic mass is 10.3. The first kappa shape index (κ1) is 13.2. The Morgan fingerprint density at radius 1 is 1.25 bits per heavy atom. The fourth-order valence-corrected chi connectivity index (χ4v) is 2.65. The minimum atomic E-state index is 0.533. The van der Waals surface area contributed by atoms with Crippen molar-refractivity contribution in [2.24, 2.45) is 14.1 Å². The van der Waals surface area contributed by atoms with E-state index in [1.54, 1.807) is 4.68 Å². The maximum atomic E-state index is 5.91. The third-order valence-corrected chi connectivity index (χ3v) is 3.54. The summed E-state index contributed by atoms with van der Waals surface area (Å²) in [4.78, 5) is 4.73. The molecule has 106 valence electrons. The van der Waals surface area contributed by atoms with E-state index in [0.29, 0.717) is 12.3 Å². The molecule has 20 heavy (non-hydrogen) atoms. The van der Waals surface area contributed by atoms with Crippen LogP contribution in [0.15, 0.2) is 12.3 Å². The predicted molar refractivity (Wildman–Crippen MR) is 78.4 cm³/mol. The Balaban J connectivity index is 2.31. The number of hydrogen-bond donors (Lipinski definition) is 0. The molecule has 0 radical (unpaired) electrons. The quantitative estimate of drug-likeness (QED) is 0.690. The second kappa shape index (κ2) is 4.94. The summed E-state index contributed by atoms with van der Waals surface area (Å²) < 4.78 is 5.69. The van der Waals surface area contributed by atoms with Crippen LogP contribution in [-0.2, 0) is 26.9 Å². The summed E-state index contributed by atoms with van der Waals surface area (Å²) in [5, 5.41) is 9.01. The Hall–Kier alpha value is -1.82. The first-order valence-corrected chi connectivity index (χ1v) is 7.18. The number of fused-ring (bicyclic) bond motifs is 1. The van der Waals surface area contributed by atoms with Crippen LogP contribution in [0.3, 0.4) is 0 Å². The predicted octanol–water partition coefficient (Wildman–Crippen LogP) is 1.84. The van der Waals surface area contributed by atoms with Gasteiger partial charge in [0.2, 0.25) is 0 Å². The highest BCUT2D eigenvalue weighted by molar-refractivity contribution is 6.17. The Morgan fingerprint density at radius 3 is 2.65 bits per heavy atom. The van der Waals surface area contributed by atoms with Gasteiger partial charge in [-0.3, -0.25) is 9.25 Å². The number of nitrogens with zero attached hydrogens (tertiary/aromatic N) is 6. The highest BCUT2D eigenvalue weighted by atomic mass is 35.5. The van der Waals surface area contributed by atoms with E-state index in [1.807, 2.05) is 35.6 Å². The zero-order valence-electron chi connectivity index (χ0n) is 11.8. The lowest BCUT2D eigenvalue weighted by molar-refractivity contribution is 0.718. The van der Waals surface area contributed by atoms with Crippen LogP contribution in [0, 0.1) is 0 Å². The average molecular weight is 293 g/mol. The summed E-state index contributed by atoms with van der Waals surface area (Å²) in [5.41, 5.74) is 2.93. The normalized spacial score (nSPS) is 11.6. The topological polar surface area (TPSA) is 53.5 Å². The first-order valence-electron chi connectivity index (χ1n) is 6.64. The van der Waals surface area contributed by atoms with Crippen molar-refractivity contribution in [1.29, 1.82) is 0 Å². The molecule has 3 aromatic heterocycles. The fourth-order valence-electron chi connectivity index (χ4n) is 2.48. The maximum absolute atomic E-state index is 5.91. The van der Waals surface area contributed by atoms with Crippen LogP contribution in [0.25, 0.3) is 17.0 Å². The van der Waals surface area contributed by atoms with Crippen LogP contribution in [0.5, 0.6) is 0 Å². The number of imidazole rings is 1. The highest BCUT2D eigenvalue weighted by Crippen LogP contribution is 2.23. The standard InChI is InChI=1S/C13H17ClN6/c1-4-9-12-13(19(3)16-9)20(10(15-12)5-7-14)11-6-8-18(2)17-11/h6,8H,4-5,7H2,1-3H3. The minimum Gasteiger partial charge on any atom is -0.274 e. The Bertz CT molecular complexity index is 750. The monoisotopic (exact) mass is 292 g/mol. The Morgan fingerprint density at radius 2 is 2.05 bits per heavy atom. The van der Waals surface area contributed by atoms with E-state index in [2.05, 4.69) is 17.1 Å². The molecule has 3 heterocycles.